The number of halogens is 1. The van der Waals surface area contributed by atoms with Gasteiger partial charge in [0.2, 0.25) is 5.91 Å². The Hall–Kier alpha value is -1.84. The Bertz CT molecular complexity index is 1090. The fraction of sp³-hybridized carbons (Fsp3) is 0.481. The highest BCUT2D eigenvalue weighted by Crippen LogP contribution is 2.31. The van der Waals surface area contributed by atoms with Crippen LogP contribution in [0.15, 0.2) is 47.4 Å². The lowest BCUT2D eigenvalue weighted by atomic mass is 10.2. The number of carbonyl (C=O) groups excluding carboxylic acids is 1. The number of morpholine rings is 1. The van der Waals surface area contributed by atoms with Gasteiger partial charge in [0.05, 0.1) is 30.5 Å². The fourth-order valence-corrected chi connectivity index (χ4v) is 6.04. The molecule has 36 heavy (non-hydrogen) atoms. The Morgan fingerprint density at radius 1 is 1.17 bits per heavy atom. The van der Waals surface area contributed by atoms with Crippen molar-refractivity contribution in [1.82, 2.24) is 9.88 Å². The first kappa shape index (κ1) is 28.7. The maximum absolute atomic E-state index is 13.4. The number of aromatic nitrogens is 1. The zero-order valence-electron chi connectivity index (χ0n) is 21.1. The van der Waals surface area contributed by atoms with Gasteiger partial charge in [0.1, 0.15) is 5.75 Å². The summed E-state index contributed by atoms with van der Waals surface area (Å²) in [7, 11) is 1.68. The lowest BCUT2D eigenvalue weighted by Gasteiger charge is -2.27. The molecule has 4 rings (SSSR count). The standard InChI is InChI=1S/C27H35N3O3S2.ClH/c1-3-21-7-12-24-25(20-21)35-27(28-24)30(14-5-13-29-15-17-33-18-16-29)26(31)6-4-19-34-23-10-8-22(32-2)9-11-23;/h7-12,20H,3-6,13-19H2,1-2H3;1H. The summed E-state index contributed by atoms with van der Waals surface area (Å²) in [6.45, 7) is 7.37. The van der Waals surface area contributed by atoms with Crippen molar-refractivity contribution in [2.45, 2.75) is 37.5 Å². The van der Waals surface area contributed by atoms with Crippen LogP contribution in [0.4, 0.5) is 5.13 Å². The smallest absolute Gasteiger partial charge is 0.228 e. The summed E-state index contributed by atoms with van der Waals surface area (Å²) in [5, 5.41) is 0.822. The second-order valence-electron chi connectivity index (χ2n) is 8.63. The predicted octanol–water partition coefficient (Wildman–Crippen LogP) is 5.92. The molecule has 0 radical (unpaired) electrons. The molecule has 6 nitrogen and oxygen atoms in total. The molecule has 1 aliphatic rings. The number of benzene rings is 2. The van der Waals surface area contributed by atoms with E-state index in [0.717, 1.165) is 79.0 Å². The second kappa shape index (κ2) is 14.8. The van der Waals surface area contributed by atoms with Gasteiger partial charge < -0.3 is 9.47 Å². The summed E-state index contributed by atoms with van der Waals surface area (Å²) in [4.78, 5) is 23.7. The van der Waals surface area contributed by atoms with Crippen LogP contribution >= 0.6 is 35.5 Å². The molecule has 0 unspecified atom stereocenters. The molecule has 0 spiro atoms. The minimum Gasteiger partial charge on any atom is -0.497 e. The van der Waals surface area contributed by atoms with Crippen molar-refractivity contribution in [3.8, 4) is 5.75 Å². The summed E-state index contributed by atoms with van der Waals surface area (Å²) >= 11 is 3.41. The number of thioether (sulfide) groups is 1. The zero-order chi connectivity index (χ0) is 24.5. The van der Waals surface area contributed by atoms with Crippen LogP contribution < -0.4 is 9.64 Å². The molecule has 9 heteroatoms. The normalized spacial score (nSPS) is 13.9. The molecule has 0 N–H and O–H groups in total. The summed E-state index contributed by atoms with van der Waals surface area (Å²) in [6, 6.07) is 14.5. The molecule has 0 aliphatic carbocycles. The van der Waals surface area contributed by atoms with Crippen molar-refractivity contribution in [3.05, 3.63) is 48.0 Å². The van der Waals surface area contributed by atoms with E-state index < -0.39 is 0 Å². The highest BCUT2D eigenvalue weighted by molar-refractivity contribution is 7.99. The van der Waals surface area contributed by atoms with Gasteiger partial charge in [-0.2, -0.15) is 0 Å². The highest BCUT2D eigenvalue weighted by Gasteiger charge is 2.20. The number of anilines is 1. The van der Waals surface area contributed by atoms with Gasteiger partial charge in [-0.05, 0) is 67.0 Å². The predicted molar refractivity (Wildman–Crippen MR) is 153 cm³/mol. The van der Waals surface area contributed by atoms with Crippen LogP contribution in [0.25, 0.3) is 10.2 Å². The average Bonchev–Trinajstić information content (AvgIpc) is 3.32. The maximum Gasteiger partial charge on any atom is 0.228 e. The third kappa shape index (κ3) is 8.08. The number of rotatable bonds is 12. The molecule has 1 aromatic heterocycles. The van der Waals surface area contributed by atoms with Crippen molar-refractivity contribution in [2.24, 2.45) is 0 Å². The number of nitrogens with zero attached hydrogens (tertiary/aromatic N) is 3. The van der Waals surface area contributed by atoms with Crippen LogP contribution in [0.2, 0.25) is 0 Å². The largest absolute Gasteiger partial charge is 0.497 e. The van der Waals surface area contributed by atoms with Crippen molar-refractivity contribution in [3.63, 3.8) is 0 Å². The molecular formula is C27H36ClN3O3S2. The number of carbonyl (C=O) groups is 1. The van der Waals surface area contributed by atoms with Crippen molar-refractivity contribution < 1.29 is 14.3 Å². The van der Waals surface area contributed by atoms with Crippen LogP contribution in [0, 0.1) is 0 Å². The third-order valence-corrected chi connectivity index (χ3v) is 8.34. The van der Waals surface area contributed by atoms with Gasteiger partial charge in [0, 0.05) is 37.5 Å². The van der Waals surface area contributed by atoms with E-state index in [9.17, 15) is 4.79 Å². The van der Waals surface area contributed by atoms with E-state index >= 15 is 0 Å². The first-order valence-electron chi connectivity index (χ1n) is 12.4. The molecule has 2 aromatic carbocycles. The second-order valence-corrected chi connectivity index (χ2v) is 10.8. The van der Waals surface area contributed by atoms with Crippen LogP contribution in [0.5, 0.6) is 5.75 Å². The number of amides is 1. The number of fused-ring (bicyclic) bond motifs is 1. The fourth-order valence-electron chi connectivity index (χ4n) is 4.12. The van der Waals surface area contributed by atoms with E-state index in [2.05, 4.69) is 42.2 Å². The molecule has 0 atom stereocenters. The minimum absolute atomic E-state index is 0. The Balaban J connectivity index is 0.00000361. The van der Waals surface area contributed by atoms with Crippen molar-refractivity contribution in [1.29, 1.82) is 0 Å². The Morgan fingerprint density at radius 2 is 1.94 bits per heavy atom. The van der Waals surface area contributed by atoms with Crippen LogP contribution in [-0.4, -0.2) is 68.0 Å². The molecule has 1 fully saturated rings. The van der Waals surface area contributed by atoms with Gasteiger partial charge in [0.25, 0.3) is 0 Å². The molecule has 1 aliphatic heterocycles. The Labute approximate surface area is 228 Å². The SMILES string of the molecule is CCc1ccc2nc(N(CCCN3CCOCC3)C(=O)CCCSc3ccc(OC)cc3)sc2c1.Cl. The molecule has 3 aromatic rings. The van der Waals surface area contributed by atoms with Gasteiger partial charge in [-0.15, -0.1) is 24.2 Å². The number of thiazole rings is 1. The van der Waals surface area contributed by atoms with E-state index in [4.69, 9.17) is 14.5 Å². The van der Waals surface area contributed by atoms with E-state index in [-0.39, 0.29) is 18.3 Å². The summed E-state index contributed by atoms with van der Waals surface area (Å²) in [6.07, 6.45) is 3.29. The molecule has 0 bridgehead atoms. The number of hydrogen-bond acceptors (Lipinski definition) is 7. The highest BCUT2D eigenvalue weighted by atomic mass is 35.5. The van der Waals surface area contributed by atoms with E-state index in [0.29, 0.717) is 13.0 Å². The molecular weight excluding hydrogens is 514 g/mol. The van der Waals surface area contributed by atoms with E-state index in [1.807, 2.05) is 17.0 Å². The van der Waals surface area contributed by atoms with Crippen molar-refractivity contribution >= 4 is 56.8 Å². The topological polar surface area (TPSA) is 54.9 Å². The monoisotopic (exact) mass is 549 g/mol. The first-order valence-corrected chi connectivity index (χ1v) is 14.2. The average molecular weight is 550 g/mol. The number of ether oxygens (including phenoxy) is 2. The Morgan fingerprint density at radius 3 is 2.67 bits per heavy atom. The number of methoxy groups -OCH3 is 1. The lowest BCUT2D eigenvalue weighted by Crippen LogP contribution is -2.39. The lowest BCUT2D eigenvalue weighted by molar-refractivity contribution is -0.118. The van der Waals surface area contributed by atoms with Gasteiger partial charge >= 0.3 is 0 Å². The molecule has 0 saturated carbocycles. The molecule has 1 amide bonds. The Kier molecular flexibility index (Phi) is 11.8. The summed E-state index contributed by atoms with van der Waals surface area (Å²) in [5.41, 5.74) is 2.27. The van der Waals surface area contributed by atoms with Crippen LogP contribution in [0.3, 0.4) is 0 Å². The molecule has 2 heterocycles. The quantitative estimate of drug-likeness (QED) is 0.206. The first-order chi connectivity index (χ1) is 17.2. The molecule has 196 valence electrons. The number of hydrogen-bond donors (Lipinski definition) is 0. The minimum atomic E-state index is 0. The third-order valence-electron chi connectivity index (χ3n) is 6.20. The molecule has 1 saturated heterocycles. The van der Waals surface area contributed by atoms with Gasteiger partial charge in [-0.25, -0.2) is 4.98 Å². The van der Waals surface area contributed by atoms with E-state index in [1.54, 1.807) is 30.2 Å². The summed E-state index contributed by atoms with van der Waals surface area (Å²) in [5.74, 6) is 1.93. The van der Waals surface area contributed by atoms with Gasteiger partial charge in [0.15, 0.2) is 5.13 Å². The summed E-state index contributed by atoms with van der Waals surface area (Å²) < 4.78 is 11.8. The van der Waals surface area contributed by atoms with Gasteiger partial charge in [-0.3, -0.25) is 14.6 Å². The van der Waals surface area contributed by atoms with Crippen molar-refractivity contribution in [2.75, 3.05) is 57.2 Å². The van der Waals surface area contributed by atoms with Gasteiger partial charge in [-0.1, -0.05) is 24.3 Å². The number of aryl methyl sites for hydroxylation is 1. The maximum atomic E-state index is 13.4. The van der Waals surface area contributed by atoms with E-state index in [1.165, 1.54) is 10.5 Å². The van der Waals surface area contributed by atoms with Crippen LogP contribution in [-0.2, 0) is 16.0 Å². The van der Waals surface area contributed by atoms with Crippen LogP contribution in [0.1, 0.15) is 31.7 Å². The zero-order valence-corrected chi connectivity index (χ0v) is 23.6.